The molecule has 0 bridgehead atoms. The second-order valence-corrected chi connectivity index (χ2v) is 4.83. The summed E-state index contributed by atoms with van der Waals surface area (Å²) >= 11 is 0. The molecule has 110 valence electrons. The third-order valence-electron chi connectivity index (χ3n) is 3.26. The molecule has 3 nitrogen and oxygen atoms in total. The van der Waals surface area contributed by atoms with Gasteiger partial charge in [-0.2, -0.15) is 0 Å². The van der Waals surface area contributed by atoms with E-state index in [1.165, 1.54) is 7.11 Å². The van der Waals surface area contributed by atoms with Crippen molar-refractivity contribution >= 4 is 11.5 Å². The van der Waals surface area contributed by atoms with Crippen LogP contribution in [-0.2, 0) is 0 Å². The third kappa shape index (κ3) is 2.72. The molecule has 2 aromatic rings. The molecule has 0 saturated heterocycles. The number of ether oxygens (including phenoxy) is 1. The van der Waals surface area contributed by atoms with Crippen molar-refractivity contribution in [2.24, 2.45) is 0 Å². The van der Waals surface area contributed by atoms with Gasteiger partial charge in [0, 0.05) is 11.6 Å². The Morgan fingerprint density at radius 2 is 1.62 bits per heavy atom. The lowest BCUT2D eigenvalue weighted by Crippen LogP contribution is -2.08. The van der Waals surface area contributed by atoms with Gasteiger partial charge in [-0.1, -0.05) is 0 Å². The maximum absolute atomic E-state index is 13.8. The standard InChI is InChI=1S/C16H15F2NO2/c1-8-4-10(5-9(2)16(8)21-3)15(20)11-6-14(19)13(18)7-12(11)17/h4-7H,19H2,1-3H3. The number of ketones is 1. The van der Waals surface area contributed by atoms with Crippen LogP contribution in [0.15, 0.2) is 24.3 Å². The molecule has 5 heteroatoms. The largest absolute Gasteiger partial charge is 0.496 e. The lowest BCUT2D eigenvalue weighted by molar-refractivity contribution is 0.103. The van der Waals surface area contributed by atoms with Crippen LogP contribution in [0.25, 0.3) is 0 Å². The highest BCUT2D eigenvalue weighted by Crippen LogP contribution is 2.27. The Morgan fingerprint density at radius 1 is 1.05 bits per heavy atom. The number of aryl methyl sites for hydroxylation is 2. The lowest BCUT2D eigenvalue weighted by Gasteiger charge is -2.11. The molecular weight excluding hydrogens is 276 g/mol. The van der Waals surface area contributed by atoms with Crippen molar-refractivity contribution < 1.29 is 18.3 Å². The number of hydrogen-bond donors (Lipinski definition) is 1. The van der Waals surface area contributed by atoms with Gasteiger partial charge in [0.2, 0.25) is 0 Å². The molecule has 0 aliphatic rings. The van der Waals surface area contributed by atoms with Gasteiger partial charge in [0.05, 0.1) is 18.4 Å². The molecule has 0 atom stereocenters. The summed E-state index contributed by atoms with van der Waals surface area (Å²) < 4.78 is 32.2. The summed E-state index contributed by atoms with van der Waals surface area (Å²) in [6.45, 7) is 3.58. The van der Waals surface area contributed by atoms with E-state index in [9.17, 15) is 13.6 Å². The zero-order valence-electron chi connectivity index (χ0n) is 12.0. The number of benzene rings is 2. The van der Waals surface area contributed by atoms with E-state index in [1.807, 2.05) is 0 Å². The number of rotatable bonds is 3. The number of anilines is 1. The fourth-order valence-electron chi connectivity index (χ4n) is 2.30. The Hall–Kier alpha value is -2.43. The van der Waals surface area contributed by atoms with Crippen molar-refractivity contribution in [2.75, 3.05) is 12.8 Å². The molecule has 2 N–H and O–H groups in total. The molecule has 0 radical (unpaired) electrons. The van der Waals surface area contributed by atoms with Gasteiger partial charge in [-0.15, -0.1) is 0 Å². The van der Waals surface area contributed by atoms with Gasteiger partial charge in [0.15, 0.2) is 5.78 Å². The van der Waals surface area contributed by atoms with E-state index in [4.69, 9.17) is 10.5 Å². The topological polar surface area (TPSA) is 52.3 Å². The number of hydrogen-bond acceptors (Lipinski definition) is 3. The predicted molar refractivity (Wildman–Crippen MR) is 76.7 cm³/mol. The maximum Gasteiger partial charge on any atom is 0.196 e. The number of carbonyl (C=O) groups is 1. The second-order valence-electron chi connectivity index (χ2n) is 4.83. The first-order chi connectivity index (χ1) is 9.85. The van der Waals surface area contributed by atoms with E-state index in [2.05, 4.69) is 0 Å². The van der Waals surface area contributed by atoms with Crippen molar-refractivity contribution in [2.45, 2.75) is 13.8 Å². The quantitative estimate of drug-likeness (QED) is 0.696. The first-order valence-corrected chi connectivity index (χ1v) is 6.29. The van der Waals surface area contributed by atoms with Gasteiger partial charge in [-0.3, -0.25) is 4.79 Å². The summed E-state index contributed by atoms with van der Waals surface area (Å²) in [4.78, 5) is 12.4. The highest BCUT2D eigenvalue weighted by molar-refractivity contribution is 6.10. The van der Waals surface area contributed by atoms with Crippen molar-refractivity contribution in [3.63, 3.8) is 0 Å². The summed E-state index contributed by atoms with van der Waals surface area (Å²) in [5, 5.41) is 0. The molecule has 2 rings (SSSR count). The molecule has 0 amide bonds. The lowest BCUT2D eigenvalue weighted by atomic mass is 9.98. The minimum absolute atomic E-state index is 0.252. The van der Waals surface area contributed by atoms with Crippen LogP contribution in [-0.4, -0.2) is 12.9 Å². The summed E-state index contributed by atoms with van der Waals surface area (Å²) in [7, 11) is 1.54. The zero-order chi connectivity index (χ0) is 15.7. The molecule has 0 spiro atoms. The van der Waals surface area contributed by atoms with Crippen LogP contribution in [0, 0.1) is 25.5 Å². The minimum Gasteiger partial charge on any atom is -0.496 e. The van der Waals surface area contributed by atoms with Gasteiger partial charge in [-0.05, 0) is 43.2 Å². The van der Waals surface area contributed by atoms with Gasteiger partial charge < -0.3 is 10.5 Å². The fraction of sp³-hybridized carbons (Fsp3) is 0.188. The van der Waals surface area contributed by atoms with Crippen LogP contribution in [0.4, 0.5) is 14.5 Å². The first kappa shape index (κ1) is 15.0. The second kappa shape index (κ2) is 5.52. The molecule has 2 aromatic carbocycles. The van der Waals surface area contributed by atoms with E-state index >= 15 is 0 Å². The maximum atomic E-state index is 13.8. The molecule has 21 heavy (non-hydrogen) atoms. The van der Waals surface area contributed by atoms with Crippen LogP contribution in [0.5, 0.6) is 5.75 Å². The van der Waals surface area contributed by atoms with Gasteiger partial charge in [-0.25, -0.2) is 8.78 Å². The normalized spacial score (nSPS) is 10.5. The molecule has 0 saturated carbocycles. The average molecular weight is 291 g/mol. The van der Waals surface area contributed by atoms with Crippen LogP contribution in [0.2, 0.25) is 0 Å². The molecule has 0 heterocycles. The number of halogens is 2. The van der Waals surface area contributed by atoms with Crippen LogP contribution >= 0.6 is 0 Å². The van der Waals surface area contributed by atoms with E-state index in [1.54, 1.807) is 26.0 Å². The average Bonchev–Trinajstić information content (AvgIpc) is 2.41. The SMILES string of the molecule is COc1c(C)cc(C(=O)c2cc(N)c(F)cc2F)cc1C. The Morgan fingerprint density at radius 3 is 2.14 bits per heavy atom. The number of nitrogen functional groups attached to an aromatic ring is 1. The Balaban J connectivity index is 2.53. The number of methoxy groups -OCH3 is 1. The van der Waals surface area contributed by atoms with E-state index in [-0.39, 0.29) is 11.3 Å². The monoisotopic (exact) mass is 291 g/mol. The number of carbonyl (C=O) groups excluding carboxylic acids is 1. The van der Waals surface area contributed by atoms with Gasteiger partial charge in [0.1, 0.15) is 17.4 Å². The molecule has 0 aliphatic carbocycles. The van der Waals surface area contributed by atoms with Gasteiger partial charge >= 0.3 is 0 Å². The first-order valence-electron chi connectivity index (χ1n) is 6.29. The molecule has 0 unspecified atom stereocenters. The zero-order valence-corrected chi connectivity index (χ0v) is 12.0. The van der Waals surface area contributed by atoms with Crippen LogP contribution in [0.3, 0.4) is 0 Å². The highest BCUT2D eigenvalue weighted by atomic mass is 19.1. The molecule has 0 aromatic heterocycles. The molecule has 0 aliphatic heterocycles. The Kier molecular flexibility index (Phi) is 3.93. The smallest absolute Gasteiger partial charge is 0.196 e. The van der Waals surface area contributed by atoms with Crippen LogP contribution < -0.4 is 10.5 Å². The van der Waals surface area contributed by atoms with Crippen molar-refractivity contribution in [3.8, 4) is 5.75 Å². The van der Waals surface area contributed by atoms with Crippen molar-refractivity contribution in [1.29, 1.82) is 0 Å². The summed E-state index contributed by atoms with van der Waals surface area (Å²) in [5.41, 5.74) is 6.71. The van der Waals surface area contributed by atoms with Gasteiger partial charge in [0.25, 0.3) is 0 Å². The molecule has 0 fully saturated rings. The fourth-order valence-corrected chi connectivity index (χ4v) is 2.30. The Labute approximate surface area is 121 Å². The Bertz CT molecular complexity index is 703. The van der Waals surface area contributed by atoms with Crippen molar-refractivity contribution in [1.82, 2.24) is 0 Å². The predicted octanol–water partition coefficient (Wildman–Crippen LogP) is 3.40. The number of nitrogens with two attached hydrogens (primary N) is 1. The van der Waals surface area contributed by atoms with E-state index < -0.39 is 17.4 Å². The minimum atomic E-state index is -0.933. The third-order valence-corrected chi connectivity index (χ3v) is 3.26. The summed E-state index contributed by atoms with van der Waals surface area (Å²) in [6, 6.07) is 4.84. The highest BCUT2D eigenvalue weighted by Gasteiger charge is 2.18. The van der Waals surface area contributed by atoms with Crippen molar-refractivity contribution in [3.05, 3.63) is 58.2 Å². The van der Waals surface area contributed by atoms with Crippen LogP contribution in [0.1, 0.15) is 27.0 Å². The molecular formula is C16H15F2NO2. The van der Waals surface area contributed by atoms with E-state index in [0.717, 1.165) is 17.2 Å². The summed E-state index contributed by atoms with van der Waals surface area (Å²) in [5.74, 6) is -1.69. The van der Waals surface area contributed by atoms with E-state index in [0.29, 0.717) is 17.4 Å². The summed E-state index contributed by atoms with van der Waals surface area (Å²) in [6.07, 6.45) is 0.